The number of fused-ring (bicyclic) bond motifs is 6. The summed E-state index contributed by atoms with van der Waals surface area (Å²) in [5.74, 6) is 1.64. The maximum Gasteiger partial charge on any atom is 0.138 e. The molecule has 6 aromatic rings. The Morgan fingerprint density at radius 2 is 1.47 bits per heavy atom. The molecule has 3 aromatic carbocycles. The smallest absolute Gasteiger partial charge is 0.138 e. The van der Waals surface area contributed by atoms with Crippen LogP contribution < -0.4 is 0 Å². The lowest BCUT2D eigenvalue weighted by Crippen LogP contribution is -1.84. The second-order valence-corrected chi connectivity index (χ2v) is 7.50. The van der Waals surface area contributed by atoms with E-state index in [1.54, 1.807) is 6.33 Å². The minimum Gasteiger partial charge on any atom is -0.345 e. The van der Waals surface area contributed by atoms with Gasteiger partial charge >= 0.3 is 0 Å². The molecule has 0 bridgehead atoms. The van der Waals surface area contributed by atoms with Gasteiger partial charge < -0.3 is 15.0 Å². The first kappa shape index (κ1) is 15.6. The molecule has 0 saturated carbocycles. The molecular formula is C23H15N7. The van der Waals surface area contributed by atoms with E-state index < -0.39 is 0 Å². The standard InChI is InChI=1S/C23H15N7/c1-2-13(22-27-16-5-4-12-8-9-24-18(12)20(16)29-22)10-14(3-1)23-28-17-7-6-15-19(21(17)30-23)26-11-25-15/h1-7,9-11H,8H2,(H,25,26)(H,27,29)(H,28,30). The van der Waals surface area contributed by atoms with Crippen molar-refractivity contribution in [2.24, 2.45) is 4.99 Å². The van der Waals surface area contributed by atoms with E-state index in [0.29, 0.717) is 0 Å². The zero-order valence-electron chi connectivity index (χ0n) is 15.8. The van der Waals surface area contributed by atoms with Crippen LogP contribution in [0.3, 0.4) is 0 Å². The zero-order chi connectivity index (χ0) is 19.7. The van der Waals surface area contributed by atoms with Crippen LogP contribution in [0.5, 0.6) is 0 Å². The molecule has 0 fully saturated rings. The van der Waals surface area contributed by atoms with Crippen LogP contribution in [0.25, 0.3) is 55.9 Å². The average Bonchev–Trinajstić information content (AvgIpc) is 3.56. The van der Waals surface area contributed by atoms with Crippen molar-refractivity contribution in [1.82, 2.24) is 29.9 Å². The Morgan fingerprint density at radius 3 is 2.33 bits per heavy atom. The lowest BCUT2D eigenvalue weighted by Gasteiger charge is -2.00. The van der Waals surface area contributed by atoms with Crippen LogP contribution in [0.4, 0.5) is 5.69 Å². The monoisotopic (exact) mass is 389 g/mol. The predicted octanol–water partition coefficient (Wildman–Crippen LogP) is 4.91. The number of aromatic nitrogens is 6. The van der Waals surface area contributed by atoms with Crippen LogP contribution in [-0.4, -0.2) is 36.1 Å². The highest BCUT2D eigenvalue weighted by atomic mass is 15.0. The summed E-state index contributed by atoms with van der Waals surface area (Å²) < 4.78 is 0. The quantitative estimate of drug-likeness (QED) is 0.392. The van der Waals surface area contributed by atoms with Crippen LogP contribution in [0.15, 0.2) is 59.9 Å². The number of H-pyrrole nitrogens is 3. The number of hydrogen-bond acceptors (Lipinski definition) is 4. The summed E-state index contributed by atoms with van der Waals surface area (Å²) in [6.07, 6.45) is 4.51. The predicted molar refractivity (Wildman–Crippen MR) is 118 cm³/mol. The van der Waals surface area contributed by atoms with E-state index in [1.165, 1.54) is 5.56 Å². The normalized spacial score (nSPS) is 13.1. The van der Waals surface area contributed by atoms with Gasteiger partial charge in [0.05, 0.1) is 28.6 Å². The van der Waals surface area contributed by atoms with Crippen molar-refractivity contribution in [2.45, 2.75) is 6.42 Å². The summed E-state index contributed by atoms with van der Waals surface area (Å²) in [5.41, 5.74) is 9.81. The third-order valence-corrected chi connectivity index (χ3v) is 5.69. The van der Waals surface area contributed by atoms with Crippen molar-refractivity contribution >= 4 is 45.0 Å². The second kappa shape index (κ2) is 5.64. The Kier molecular flexibility index (Phi) is 2.94. The van der Waals surface area contributed by atoms with Crippen LogP contribution in [0, 0.1) is 0 Å². The number of aliphatic imine (C=N–C) groups is 1. The van der Waals surface area contributed by atoms with Crippen molar-refractivity contribution in [2.75, 3.05) is 0 Å². The van der Waals surface area contributed by atoms with E-state index in [1.807, 2.05) is 30.5 Å². The molecule has 7 rings (SSSR count). The van der Waals surface area contributed by atoms with Gasteiger partial charge in [-0.05, 0) is 29.8 Å². The molecule has 7 nitrogen and oxygen atoms in total. The lowest BCUT2D eigenvalue weighted by molar-refractivity contribution is 1.31. The summed E-state index contributed by atoms with van der Waals surface area (Å²) >= 11 is 0. The molecule has 3 N–H and O–H groups in total. The van der Waals surface area contributed by atoms with Gasteiger partial charge in [0.25, 0.3) is 0 Å². The first-order chi connectivity index (χ1) is 14.8. The highest BCUT2D eigenvalue weighted by Crippen LogP contribution is 2.34. The van der Waals surface area contributed by atoms with Crippen LogP contribution in [0.2, 0.25) is 0 Å². The number of hydrogen-bond donors (Lipinski definition) is 3. The number of rotatable bonds is 2. The van der Waals surface area contributed by atoms with Crippen LogP contribution in [0.1, 0.15) is 5.56 Å². The first-order valence-electron chi connectivity index (χ1n) is 9.80. The van der Waals surface area contributed by atoms with E-state index in [-0.39, 0.29) is 0 Å². The van der Waals surface area contributed by atoms with Crippen molar-refractivity contribution in [1.29, 1.82) is 0 Å². The molecule has 1 aliphatic heterocycles. The molecule has 0 spiro atoms. The van der Waals surface area contributed by atoms with Crippen LogP contribution in [-0.2, 0) is 6.42 Å². The molecule has 0 aliphatic carbocycles. The van der Waals surface area contributed by atoms with Crippen molar-refractivity contribution in [3.8, 4) is 22.8 Å². The summed E-state index contributed by atoms with van der Waals surface area (Å²) in [5, 5.41) is 0. The lowest BCUT2D eigenvalue weighted by atomic mass is 10.1. The summed E-state index contributed by atoms with van der Waals surface area (Å²) in [4.78, 5) is 28.6. The third-order valence-electron chi connectivity index (χ3n) is 5.69. The highest BCUT2D eigenvalue weighted by Gasteiger charge is 2.16. The van der Waals surface area contributed by atoms with Gasteiger partial charge in [-0.3, -0.25) is 4.99 Å². The van der Waals surface area contributed by atoms with Gasteiger partial charge in [0, 0.05) is 23.8 Å². The number of benzene rings is 3. The molecule has 1 aliphatic rings. The van der Waals surface area contributed by atoms with Gasteiger partial charge in [-0.1, -0.05) is 24.3 Å². The second-order valence-electron chi connectivity index (χ2n) is 7.50. The highest BCUT2D eigenvalue weighted by molar-refractivity contribution is 6.01. The minimum absolute atomic E-state index is 0.809. The molecular weight excluding hydrogens is 374 g/mol. The SMILES string of the molecule is C1=Nc2c(ccc3[nH]c(-c4cccc(-c5nc6c(ccc7[nH]cnc76)[nH]5)c4)nc23)C1. The molecule has 30 heavy (non-hydrogen) atoms. The van der Waals surface area contributed by atoms with Crippen LogP contribution >= 0.6 is 0 Å². The fourth-order valence-corrected chi connectivity index (χ4v) is 4.21. The Morgan fingerprint density at radius 1 is 0.733 bits per heavy atom. The van der Waals surface area contributed by atoms with Gasteiger partial charge in [-0.15, -0.1) is 0 Å². The molecule has 0 radical (unpaired) electrons. The zero-order valence-corrected chi connectivity index (χ0v) is 15.8. The average molecular weight is 389 g/mol. The molecule has 0 atom stereocenters. The number of nitrogens with zero attached hydrogens (tertiary/aromatic N) is 4. The Balaban J connectivity index is 1.37. The number of nitrogens with one attached hydrogen (secondary N) is 3. The Hall–Kier alpha value is -4.26. The number of aromatic amines is 3. The Labute approximate surface area is 169 Å². The van der Waals surface area contributed by atoms with E-state index in [2.05, 4.69) is 49.2 Å². The molecule has 4 heterocycles. The summed E-state index contributed by atoms with van der Waals surface area (Å²) in [7, 11) is 0. The molecule has 3 aromatic heterocycles. The maximum atomic E-state index is 4.85. The van der Waals surface area contributed by atoms with E-state index in [4.69, 9.17) is 9.97 Å². The fourth-order valence-electron chi connectivity index (χ4n) is 4.21. The molecule has 7 heteroatoms. The van der Waals surface area contributed by atoms with Crippen molar-refractivity contribution < 1.29 is 0 Å². The first-order valence-corrected chi connectivity index (χ1v) is 9.80. The fraction of sp³-hybridized carbons (Fsp3) is 0.0435. The van der Waals surface area contributed by atoms with Gasteiger partial charge in [0.15, 0.2) is 0 Å². The third kappa shape index (κ3) is 2.14. The molecule has 0 amide bonds. The molecule has 142 valence electrons. The van der Waals surface area contributed by atoms with Gasteiger partial charge in [0.2, 0.25) is 0 Å². The minimum atomic E-state index is 0.809. The van der Waals surface area contributed by atoms with Crippen molar-refractivity contribution in [3.05, 3.63) is 60.4 Å². The van der Waals surface area contributed by atoms with E-state index in [9.17, 15) is 0 Å². The van der Waals surface area contributed by atoms with E-state index >= 15 is 0 Å². The summed E-state index contributed by atoms with van der Waals surface area (Å²) in [6, 6.07) is 16.5. The Bertz CT molecular complexity index is 1630. The number of imidazole rings is 3. The summed E-state index contributed by atoms with van der Waals surface area (Å²) in [6.45, 7) is 0. The maximum absolute atomic E-state index is 4.85. The van der Waals surface area contributed by atoms with Gasteiger partial charge in [-0.2, -0.15) is 0 Å². The topological polar surface area (TPSA) is 98.4 Å². The molecule has 0 unspecified atom stereocenters. The van der Waals surface area contributed by atoms with E-state index in [0.717, 1.165) is 68.0 Å². The molecule has 0 saturated heterocycles. The van der Waals surface area contributed by atoms with Gasteiger partial charge in [-0.25, -0.2) is 15.0 Å². The largest absolute Gasteiger partial charge is 0.345 e. The van der Waals surface area contributed by atoms with Gasteiger partial charge in [0.1, 0.15) is 28.2 Å². The van der Waals surface area contributed by atoms with Crippen molar-refractivity contribution in [3.63, 3.8) is 0 Å².